The van der Waals surface area contributed by atoms with E-state index in [1.165, 1.54) is 12.3 Å². The highest BCUT2D eigenvalue weighted by atomic mass is 32.1. The Kier molecular flexibility index (Phi) is 3.01. The first-order valence-corrected chi connectivity index (χ1v) is 5.62. The van der Waals surface area contributed by atoms with Gasteiger partial charge in [-0.25, -0.2) is 14.7 Å². The van der Waals surface area contributed by atoms with Crippen molar-refractivity contribution in [2.45, 2.75) is 12.8 Å². The van der Waals surface area contributed by atoms with E-state index in [0.29, 0.717) is 10.0 Å². The number of carboxylic acids is 1. The van der Waals surface area contributed by atoms with E-state index in [1.807, 2.05) is 0 Å². The van der Waals surface area contributed by atoms with Gasteiger partial charge in [0.05, 0.1) is 0 Å². The molecule has 88 valence electrons. The standard InChI is InChI=1S/C10H8N2O4S/c13-7-2-3-8(14)12(7)10-11-5-6(17-10)1-4-9(15)16/h1,4-5H,2-3H2,(H,15,16)/b4-1+. The summed E-state index contributed by atoms with van der Waals surface area (Å²) in [5.74, 6) is -1.59. The van der Waals surface area contributed by atoms with Gasteiger partial charge in [0.15, 0.2) is 5.13 Å². The Labute approximate surface area is 100 Å². The highest BCUT2D eigenvalue weighted by Gasteiger charge is 2.32. The molecule has 1 N–H and O–H groups in total. The highest BCUT2D eigenvalue weighted by Crippen LogP contribution is 2.27. The molecule has 1 fully saturated rings. The molecule has 0 saturated carbocycles. The third-order valence-corrected chi connectivity index (χ3v) is 3.09. The van der Waals surface area contributed by atoms with E-state index in [2.05, 4.69) is 4.98 Å². The molecule has 7 heteroatoms. The Morgan fingerprint density at radius 3 is 2.65 bits per heavy atom. The van der Waals surface area contributed by atoms with Crippen molar-refractivity contribution < 1.29 is 19.5 Å². The molecule has 2 heterocycles. The molecule has 0 aromatic carbocycles. The fraction of sp³-hybridized carbons (Fsp3) is 0.200. The molecule has 1 aromatic rings. The van der Waals surface area contributed by atoms with Crippen molar-refractivity contribution in [2.75, 3.05) is 4.90 Å². The number of carbonyl (C=O) groups excluding carboxylic acids is 2. The predicted octanol–water partition coefficient (Wildman–Crippen LogP) is 0.894. The number of imide groups is 1. The van der Waals surface area contributed by atoms with E-state index in [1.54, 1.807) is 0 Å². The maximum atomic E-state index is 11.4. The SMILES string of the molecule is O=C(O)/C=C/c1cnc(N2C(=O)CCC2=O)s1. The second-order valence-electron chi connectivity index (χ2n) is 3.34. The van der Waals surface area contributed by atoms with E-state index in [4.69, 9.17) is 5.11 Å². The summed E-state index contributed by atoms with van der Waals surface area (Å²) in [6.45, 7) is 0. The third kappa shape index (κ3) is 2.39. The summed E-state index contributed by atoms with van der Waals surface area (Å²) in [6.07, 6.45) is 4.19. The van der Waals surface area contributed by atoms with Crippen LogP contribution in [-0.4, -0.2) is 27.9 Å². The summed E-state index contributed by atoms with van der Waals surface area (Å²) in [4.78, 5) is 38.7. The lowest BCUT2D eigenvalue weighted by Gasteiger charge is -2.07. The van der Waals surface area contributed by atoms with E-state index in [9.17, 15) is 14.4 Å². The van der Waals surface area contributed by atoms with E-state index in [-0.39, 0.29) is 24.7 Å². The van der Waals surface area contributed by atoms with Gasteiger partial charge in [-0.05, 0) is 6.08 Å². The minimum absolute atomic E-state index is 0.207. The summed E-state index contributed by atoms with van der Waals surface area (Å²) >= 11 is 1.10. The zero-order valence-electron chi connectivity index (χ0n) is 8.62. The second-order valence-corrected chi connectivity index (χ2v) is 4.38. The molecule has 0 aliphatic carbocycles. The maximum Gasteiger partial charge on any atom is 0.328 e. The molecule has 0 bridgehead atoms. The lowest BCUT2D eigenvalue weighted by atomic mass is 10.4. The van der Waals surface area contributed by atoms with Gasteiger partial charge in [-0.2, -0.15) is 0 Å². The normalized spacial score (nSPS) is 16.1. The van der Waals surface area contributed by atoms with Crippen LogP contribution in [-0.2, 0) is 14.4 Å². The van der Waals surface area contributed by atoms with Crippen molar-refractivity contribution in [2.24, 2.45) is 0 Å². The average molecular weight is 252 g/mol. The van der Waals surface area contributed by atoms with Crippen LogP contribution in [0, 0.1) is 0 Å². The number of amides is 2. The highest BCUT2D eigenvalue weighted by molar-refractivity contribution is 7.16. The average Bonchev–Trinajstić information content (AvgIpc) is 2.83. The summed E-state index contributed by atoms with van der Waals surface area (Å²) in [6, 6.07) is 0. The molecule has 6 nitrogen and oxygen atoms in total. The first-order valence-electron chi connectivity index (χ1n) is 4.80. The molecule has 2 rings (SSSR count). The fourth-order valence-corrected chi connectivity index (χ4v) is 2.25. The number of nitrogens with zero attached hydrogens (tertiary/aromatic N) is 2. The van der Waals surface area contributed by atoms with Gasteiger partial charge in [0, 0.05) is 30.0 Å². The van der Waals surface area contributed by atoms with Crippen LogP contribution < -0.4 is 4.90 Å². The summed E-state index contributed by atoms with van der Waals surface area (Å²) in [5, 5.41) is 8.75. The number of anilines is 1. The molecule has 0 atom stereocenters. The Morgan fingerprint density at radius 1 is 1.41 bits per heavy atom. The first kappa shape index (κ1) is 11.5. The Balaban J connectivity index is 2.21. The lowest BCUT2D eigenvalue weighted by molar-refractivity contribution is -0.131. The first-order chi connectivity index (χ1) is 8.08. The van der Waals surface area contributed by atoms with Gasteiger partial charge in [0.2, 0.25) is 11.8 Å². The lowest BCUT2D eigenvalue weighted by Crippen LogP contribution is -2.28. The van der Waals surface area contributed by atoms with Crippen molar-refractivity contribution in [3.8, 4) is 0 Å². The fourth-order valence-electron chi connectivity index (χ4n) is 1.40. The van der Waals surface area contributed by atoms with E-state index in [0.717, 1.165) is 22.3 Å². The van der Waals surface area contributed by atoms with Gasteiger partial charge in [0.1, 0.15) is 0 Å². The van der Waals surface area contributed by atoms with Crippen molar-refractivity contribution in [1.29, 1.82) is 0 Å². The van der Waals surface area contributed by atoms with Crippen LogP contribution >= 0.6 is 11.3 Å². The molecule has 1 aromatic heterocycles. The van der Waals surface area contributed by atoms with Gasteiger partial charge in [-0.3, -0.25) is 9.59 Å². The number of carboxylic acid groups (broad SMARTS) is 1. The van der Waals surface area contributed by atoms with Crippen LogP contribution in [0.25, 0.3) is 6.08 Å². The van der Waals surface area contributed by atoms with E-state index < -0.39 is 5.97 Å². The quantitative estimate of drug-likeness (QED) is 0.637. The maximum absolute atomic E-state index is 11.4. The number of aromatic nitrogens is 1. The van der Waals surface area contributed by atoms with Crippen LogP contribution in [0.3, 0.4) is 0 Å². The zero-order chi connectivity index (χ0) is 12.4. The Bertz CT molecular complexity index is 504. The molecular formula is C10H8N2O4S. The van der Waals surface area contributed by atoms with Gasteiger partial charge in [0.25, 0.3) is 0 Å². The molecule has 0 spiro atoms. The van der Waals surface area contributed by atoms with Crippen LogP contribution in [0.4, 0.5) is 5.13 Å². The molecule has 2 amide bonds. The number of carbonyl (C=O) groups is 3. The van der Waals surface area contributed by atoms with Gasteiger partial charge < -0.3 is 5.11 Å². The largest absolute Gasteiger partial charge is 0.478 e. The number of thiazole rings is 1. The molecule has 1 aliphatic heterocycles. The topological polar surface area (TPSA) is 87.6 Å². The molecule has 1 saturated heterocycles. The van der Waals surface area contributed by atoms with Gasteiger partial charge in [-0.15, -0.1) is 0 Å². The number of aliphatic carboxylic acids is 1. The predicted molar refractivity (Wildman–Crippen MR) is 60.5 cm³/mol. The van der Waals surface area contributed by atoms with Crippen LogP contribution in [0.1, 0.15) is 17.7 Å². The minimum atomic E-state index is -1.06. The number of hydrogen-bond donors (Lipinski definition) is 1. The van der Waals surface area contributed by atoms with Crippen LogP contribution in [0.2, 0.25) is 0 Å². The second kappa shape index (κ2) is 4.46. The number of hydrogen-bond acceptors (Lipinski definition) is 5. The third-order valence-electron chi connectivity index (χ3n) is 2.14. The van der Waals surface area contributed by atoms with Crippen molar-refractivity contribution in [1.82, 2.24) is 4.98 Å². The monoisotopic (exact) mass is 252 g/mol. The van der Waals surface area contributed by atoms with Gasteiger partial charge >= 0.3 is 5.97 Å². The number of rotatable bonds is 3. The van der Waals surface area contributed by atoms with Crippen molar-refractivity contribution >= 4 is 40.3 Å². The summed E-state index contributed by atoms with van der Waals surface area (Å²) in [7, 11) is 0. The van der Waals surface area contributed by atoms with Crippen molar-refractivity contribution in [3.05, 3.63) is 17.2 Å². The Hall–Kier alpha value is -2.02. The smallest absolute Gasteiger partial charge is 0.328 e. The van der Waals surface area contributed by atoms with Crippen molar-refractivity contribution in [3.63, 3.8) is 0 Å². The molecular weight excluding hydrogens is 244 g/mol. The minimum Gasteiger partial charge on any atom is -0.478 e. The van der Waals surface area contributed by atoms with E-state index >= 15 is 0 Å². The van der Waals surface area contributed by atoms with Gasteiger partial charge in [-0.1, -0.05) is 11.3 Å². The van der Waals surface area contributed by atoms with Crippen LogP contribution in [0.5, 0.6) is 0 Å². The molecule has 17 heavy (non-hydrogen) atoms. The molecule has 0 unspecified atom stereocenters. The summed E-state index contributed by atoms with van der Waals surface area (Å²) < 4.78 is 0. The summed E-state index contributed by atoms with van der Waals surface area (Å²) in [5.41, 5.74) is 0. The zero-order valence-corrected chi connectivity index (χ0v) is 9.44. The van der Waals surface area contributed by atoms with Crippen LogP contribution in [0.15, 0.2) is 12.3 Å². The molecule has 1 aliphatic rings. The molecule has 0 radical (unpaired) electrons. The Morgan fingerprint density at radius 2 is 2.06 bits per heavy atom.